The zero-order chi connectivity index (χ0) is 15.8. The summed E-state index contributed by atoms with van der Waals surface area (Å²) in [6.45, 7) is 5.05. The molecule has 2 rings (SSSR count). The molecule has 0 amide bonds. The molecule has 0 fully saturated rings. The zero-order valence-electron chi connectivity index (χ0n) is 12.9. The van der Waals surface area contributed by atoms with Gasteiger partial charge in [0.1, 0.15) is 6.61 Å². The summed E-state index contributed by atoms with van der Waals surface area (Å²) in [5.74, 6) is 1.39. The van der Waals surface area contributed by atoms with E-state index in [1.165, 1.54) is 11.6 Å². The summed E-state index contributed by atoms with van der Waals surface area (Å²) >= 11 is 0. The predicted molar refractivity (Wildman–Crippen MR) is 87.8 cm³/mol. The highest BCUT2D eigenvalue weighted by Gasteiger charge is 2.06. The number of ether oxygens (including phenoxy) is 2. The molecule has 112 valence electrons. The average molecular weight is 293 g/mol. The fourth-order valence-electron chi connectivity index (χ4n) is 1.99. The summed E-state index contributed by atoms with van der Waals surface area (Å²) in [6.07, 6.45) is 3.18. The molecule has 0 N–H and O–H groups in total. The lowest BCUT2D eigenvalue weighted by Gasteiger charge is -2.13. The molecule has 3 nitrogen and oxygen atoms in total. The second-order valence-electron chi connectivity index (χ2n) is 4.88. The monoisotopic (exact) mass is 293 g/mol. The Labute approximate surface area is 131 Å². The van der Waals surface area contributed by atoms with E-state index in [0.29, 0.717) is 24.7 Å². The molecule has 0 saturated carbocycles. The summed E-state index contributed by atoms with van der Waals surface area (Å²) in [4.78, 5) is 0. The van der Waals surface area contributed by atoms with Crippen LogP contribution in [-0.4, -0.2) is 6.61 Å². The molecule has 0 heterocycles. The molecular formula is C19H19NO2. The van der Waals surface area contributed by atoms with Gasteiger partial charge in [0.25, 0.3) is 0 Å². The summed E-state index contributed by atoms with van der Waals surface area (Å²) in [6, 6.07) is 15.9. The van der Waals surface area contributed by atoms with E-state index in [1.54, 1.807) is 6.08 Å². The third-order valence-corrected chi connectivity index (χ3v) is 3.13. The van der Waals surface area contributed by atoms with Crippen LogP contribution in [0.15, 0.2) is 48.5 Å². The van der Waals surface area contributed by atoms with Crippen molar-refractivity contribution in [3.63, 3.8) is 0 Å². The Kier molecular flexibility index (Phi) is 5.62. The van der Waals surface area contributed by atoms with Crippen LogP contribution in [0.3, 0.4) is 0 Å². The second-order valence-corrected chi connectivity index (χ2v) is 4.88. The van der Waals surface area contributed by atoms with Crippen molar-refractivity contribution < 1.29 is 9.47 Å². The number of hydrogen-bond acceptors (Lipinski definition) is 3. The lowest BCUT2D eigenvalue weighted by molar-refractivity contribution is 0.269. The highest BCUT2D eigenvalue weighted by molar-refractivity contribution is 5.57. The van der Waals surface area contributed by atoms with Crippen LogP contribution in [0, 0.1) is 18.3 Å². The third kappa shape index (κ3) is 4.39. The standard InChI is InChI=1S/C19H19NO2/c1-3-21-19-13-16(5-4-12-20)10-11-18(19)22-14-17-8-6-15(2)7-9-17/h4-11,13H,3,14H2,1-2H3/b5-4+. The third-order valence-electron chi connectivity index (χ3n) is 3.13. The first-order chi connectivity index (χ1) is 10.7. The lowest BCUT2D eigenvalue weighted by atomic mass is 10.1. The van der Waals surface area contributed by atoms with E-state index in [9.17, 15) is 0 Å². The molecule has 0 unspecified atom stereocenters. The lowest BCUT2D eigenvalue weighted by Crippen LogP contribution is -2.00. The first kappa shape index (κ1) is 15.7. The first-order valence-corrected chi connectivity index (χ1v) is 7.24. The van der Waals surface area contributed by atoms with Gasteiger partial charge in [0.15, 0.2) is 11.5 Å². The van der Waals surface area contributed by atoms with Crippen LogP contribution in [0.25, 0.3) is 6.08 Å². The van der Waals surface area contributed by atoms with Gasteiger partial charge in [-0.25, -0.2) is 0 Å². The van der Waals surface area contributed by atoms with Crippen molar-refractivity contribution in [1.82, 2.24) is 0 Å². The Morgan fingerprint density at radius 1 is 1.05 bits per heavy atom. The molecule has 0 aromatic heterocycles. The van der Waals surface area contributed by atoms with Gasteiger partial charge in [0.05, 0.1) is 12.7 Å². The van der Waals surface area contributed by atoms with Gasteiger partial charge in [-0.3, -0.25) is 0 Å². The minimum absolute atomic E-state index is 0.494. The Morgan fingerprint density at radius 2 is 1.82 bits per heavy atom. The first-order valence-electron chi connectivity index (χ1n) is 7.24. The van der Waals surface area contributed by atoms with Gasteiger partial charge in [0.2, 0.25) is 0 Å². The molecule has 0 aliphatic heterocycles. The molecule has 0 atom stereocenters. The average Bonchev–Trinajstić information content (AvgIpc) is 2.54. The van der Waals surface area contributed by atoms with Crippen LogP contribution in [0.5, 0.6) is 11.5 Å². The Bertz CT molecular complexity index is 682. The van der Waals surface area contributed by atoms with E-state index in [-0.39, 0.29) is 0 Å². The predicted octanol–water partition coefficient (Wildman–Crippen LogP) is 4.51. The number of aryl methyl sites for hydroxylation is 1. The molecule has 22 heavy (non-hydrogen) atoms. The van der Waals surface area contributed by atoms with Crippen LogP contribution >= 0.6 is 0 Å². The van der Waals surface area contributed by atoms with Gasteiger partial charge in [-0.1, -0.05) is 35.9 Å². The number of benzene rings is 2. The Hall–Kier alpha value is -2.73. The molecule has 0 aliphatic carbocycles. The molecule has 3 heteroatoms. The van der Waals surface area contributed by atoms with Gasteiger partial charge in [-0.15, -0.1) is 0 Å². The van der Waals surface area contributed by atoms with Crippen molar-refractivity contribution in [2.45, 2.75) is 20.5 Å². The highest BCUT2D eigenvalue weighted by Crippen LogP contribution is 2.29. The van der Waals surface area contributed by atoms with Crippen molar-refractivity contribution in [2.75, 3.05) is 6.61 Å². The molecular weight excluding hydrogens is 274 g/mol. The van der Waals surface area contributed by atoms with E-state index in [1.807, 2.05) is 31.2 Å². The normalized spacial score (nSPS) is 10.4. The zero-order valence-corrected chi connectivity index (χ0v) is 12.9. The van der Waals surface area contributed by atoms with Crippen molar-refractivity contribution >= 4 is 6.08 Å². The molecule has 2 aromatic carbocycles. The number of hydrogen-bond donors (Lipinski definition) is 0. The summed E-state index contributed by atoms with van der Waals surface area (Å²) < 4.78 is 11.5. The number of nitrogens with zero attached hydrogens (tertiary/aromatic N) is 1. The van der Waals surface area contributed by atoms with Gasteiger partial charge in [-0.2, -0.15) is 5.26 Å². The Balaban J connectivity index is 2.13. The summed E-state index contributed by atoms with van der Waals surface area (Å²) in [5.41, 5.74) is 3.25. The summed E-state index contributed by atoms with van der Waals surface area (Å²) in [5, 5.41) is 8.59. The molecule has 0 bridgehead atoms. The fraction of sp³-hybridized carbons (Fsp3) is 0.211. The fourth-order valence-corrected chi connectivity index (χ4v) is 1.99. The van der Waals surface area contributed by atoms with E-state index in [0.717, 1.165) is 11.1 Å². The van der Waals surface area contributed by atoms with Gasteiger partial charge in [-0.05, 0) is 43.2 Å². The van der Waals surface area contributed by atoms with Crippen LogP contribution < -0.4 is 9.47 Å². The number of nitriles is 1. The molecule has 0 spiro atoms. The van der Waals surface area contributed by atoms with Crippen LogP contribution in [0.2, 0.25) is 0 Å². The smallest absolute Gasteiger partial charge is 0.161 e. The second kappa shape index (κ2) is 7.90. The molecule has 0 saturated heterocycles. The van der Waals surface area contributed by atoms with Crippen LogP contribution in [-0.2, 0) is 6.61 Å². The van der Waals surface area contributed by atoms with E-state index in [4.69, 9.17) is 14.7 Å². The quantitative estimate of drug-likeness (QED) is 0.736. The SMILES string of the molecule is CCOc1cc(/C=C/C#N)ccc1OCc1ccc(C)cc1. The maximum Gasteiger partial charge on any atom is 0.161 e. The summed E-state index contributed by atoms with van der Waals surface area (Å²) in [7, 11) is 0. The minimum atomic E-state index is 0.494. The number of rotatable bonds is 6. The van der Waals surface area contributed by atoms with Crippen molar-refractivity contribution in [3.8, 4) is 17.6 Å². The molecule has 0 radical (unpaired) electrons. The van der Waals surface area contributed by atoms with Crippen molar-refractivity contribution in [3.05, 3.63) is 65.2 Å². The Morgan fingerprint density at radius 3 is 2.50 bits per heavy atom. The van der Waals surface area contributed by atoms with Gasteiger partial charge in [0, 0.05) is 6.08 Å². The minimum Gasteiger partial charge on any atom is -0.490 e. The van der Waals surface area contributed by atoms with E-state index < -0.39 is 0 Å². The van der Waals surface area contributed by atoms with E-state index >= 15 is 0 Å². The van der Waals surface area contributed by atoms with Crippen molar-refractivity contribution in [1.29, 1.82) is 5.26 Å². The van der Waals surface area contributed by atoms with Crippen LogP contribution in [0.4, 0.5) is 0 Å². The van der Waals surface area contributed by atoms with E-state index in [2.05, 4.69) is 31.2 Å². The highest BCUT2D eigenvalue weighted by atomic mass is 16.5. The van der Waals surface area contributed by atoms with Crippen molar-refractivity contribution in [2.24, 2.45) is 0 Å². The number of allylic oxidation sites excluding steroid dienone is 1. The maximum atomic E-state index is 8.59. The topological polar surface area (TPSA) is 42.2 Å². The van der Waals surface area contributed by atoms with Gasteiger partial charge >= 0.3 is 0 Å². The molecule has 0 aliphatic rings. The largest absolute Gasteiger partial charge is 0.490 e. The van der Waals surface area contributed by atoms with Crippen LogP contribution in [0.1, 0.15) is 23.6 Å². The molecule has 2 aromatic rings. The maximum absolute atomic E-state index is 8.59. The van der Waals surface area contributed by atoms with Gasteiger partial charge < -0.3 is 9.47 Å².